The Hall–Kier alpha value is -2.31. The Labute approximate surface area is 115 Å². The van der Waals surface area contributed by atoms with E-state index in [9.17, 15) is 0 Å². The molecule has 3 rings (SSSR count). The number of rotatable bonds is 4. The van der Waals surface area contributed by atoms with Crippen molar-refractivity contribution in [3.8, 4) is 11.4 Å². The number of pyridine rings is 1. The molecule has 0 fully saturated rings. The molecule has 2 aromatic heterocycles. The zero-order valence-electron chi connectivity index (χ0n) is 11.0. The molecule has 20 heavy (non-hydrogen) atoms. The maximum absolute atomic E-state index is 5.58. The molecule has 0 amide bonds. The van der Waals surface area contributed by atoms with Gasteiger partial charge in [0.15, 0.2) is 0 Å². The van der Waals surface area contributed by atoms with E-state index in [2.05, 4.69) is 15.1 Å². The molecule has 0 aliphatic heterocycles. The van der Waals surface area contributed by atoms with Crippen LogP contribution in [0, 0.1) is 0 Å². The Morgan fingerprint density at radius 2 is 2.25 bits per heavy atom. The summed E-state index contributed by atoms with van der Waals surface area (Å²) in [4.78, 5) is 8.60. The van der Waals surface area contributed by atoms with Crippen molar-refractivity contribution in [1.29, 1.82) is 0 Å². The van der Waals surface area contributed by atoms with Crippen LogP contribution < -0.4 is 5.73 Å². The molecule has 1 unspecified atom stereocenters. The number of hydrogen-bond acceptors (Lipinski definition) is 6. The van der Waals surface area contributed by atoms with Gasteiger partial charge in [0.2, 0.25) is 5.82 Å². The molecular formula is C14H14N4O2. The van der Waals surface area contributed by atoms with Gasteiger partial charge in [-0.05, 0) is 24.3 Å². The van der Waals surface area contributed by atoms with Crippen LogP contribution in [0.25, 0.3) is 22.3 Å². The van der Waals surface area contributed by atoms with Crippen molar-refractivity contribution in [3.63, 3.8) is 0 Å². The van der Waals surface area contributed by atoms with Gasteiger partial charge in [-0.1, -0.05) is 11.2 Å². The van der Waals surface area contributed by atoms with Crippen LogP contribution in [0.5, 0.6) is 0 Å². The fourth-order valence-electron chi connectivity index (χ4n) is 2.00. The van der Waals surface area contributed by atoms with E-state index in [1.54, 1.807) is 13.3 Å². The summed E-state index contributed by atoms with van der Waals surface area (Å²) < 4.78 is 10.4. The van der Waals surface area contributed by atoms with Crippen LogP contribution in [-0.2, 0) is 4.74 Å². The van der Waals surface area contributed by atoms with E-state index in [1.807, 2.05) is 30.3 Å². The van der Waals surface area contributed by atoms with Gasteiger partial charge in [-0.3, -0.25) is 4.98 Å². The normalized spacial score (nSPS) is 12.7. The predicted octanol–water partition coefficient (Wildman–Crippen LogP) is 1.93. The number of nitrogens with two attached hydrogens (primary N) is 1. The monoisotopic (exact) mass is 270 g/mol. The van der Waals surface area contributed by atoms with E-state index in [0.717, 1.165) is 16.5 Å². The van der Waals surface area contributed by atoms with E-state index < -0.39 is 0 Å². The molecule has 3 aromatic rings. The van der Waals surface area contributed by atoms with Crippen molar-refractivity contribution in [2.24, 2.45) is 5.73 Å². The number of fused-ring (bicyclic) bond motifs is 1. The second-order valence-corrected chi connectivity index (χ2v) is 4.33. The molecule has 0 bridgehead atoms. The standard InChI is InChI=1S/C14H14N4O2/c1-19-12(8-15)14-17-13(18-20-14)10-4-5-11-9(7-10)3-2-6-16-11/h2-7,12H,8,15H2,1H3. The summed E-state index contributed by atoms with van der Waals surface area (Å²) in [6, 6.07) is 9.70. The van der Waals surface area contributed by atoms with Crippen LogP contribution in [0.1, 0.15) is 12.0 Å². The van der Waals surface area contributed by atoms with Gasteiger partial charge in [-0.2, -0.15) is 4.98 Å². The van der Waals surface area contributed by atoms with E-state index in [1.165, 1.54) is 0 Å². The average molecular weight is 270 g/mol. The highest BCUT2D eigenvalue weighted by Gasteiger charge is 2.17. The maximum Gasteiger partial charge on any atom is 0.257 e. The Morgan fingerprint density at radius 3 is 3.05 bits per heavy atom. The molecule has 0 aliphatic rings. The molecule has 102 valence electrons. The van der Waals surface area contributed by atoms with Gasteiger partial charge in [-0.25, -0.2) is 0 Å². The first-order valence-electron chi connectivity index (χ1n) is 6.23. The first kappa shape index (κ1) is 12.7. The van der Waals surface area contributed by atoms with Crippen LogP contribution in [0.3, 0.4) is 0 Å². The van der Waals surface area contributed by atoms with Crippen molar-refractivity contribution >= 4 is 10.9 Å². The van der Waals surface area contributed by atoms with E-state index in [4.69, 9.17) is 15.0 Å². The van der Waals surface area contributed by atoms with Crippen LogP contribution in [0.15, 0.2) is 41.1 Å². The molecule has 6 nitrogen and oxygen atoms in total. The van der Waals surface area contributed by atoms with Crippen LogP contribution in [0.4, 0.5) is 0 Å². The zero-order chi connectivity index (χ0) is 13.9. The molecule has 1 atom stereocenters. The molecule has 1 aromatic carbocycles. The number of methoxy groups -OCH3 is 1. The van der Waals surface area contributed by atoms with E-state index >= 15 is 0 Å². The number of ether oxygens (including phenoxy) is 1. The molecule has 0 radical (unpaired) electrons. The van der Waals surface area contributed by atoms with Crippen molar-refractivity contribution in [3.05, 3.63) is 42.4 Å². The summed E-state index contributed by atoms with van der Waals surface area (Å²) >= 11 is 0. The van der Waals surface area contributed by atoms with Crippen molar-refractivity contribution in [1.82, 2.24) is 15.1 Å². The van der Waals surface area contributed by atoms with Crippen molar-refractivity contribution in [2.75, 3.05) is 13.7 Å². The first-order chi connectivity index (χ1) is 9.81. The SMILES string of the molecule is COC(CN)c1nc(-c2ccc3ncccc3c2)no1. The molecule has 0 saturated carbocycles. The third kappa shape index (κ3) is 2.26. The van der Waals surface area contributed by atoms with Gasteiger partial charge >= 0.3 is 0 Å². The Bertz CT molecular complexity index is 722. The smallest absolute Gasteiger partial charge is 0.257 e. The molecule has 6 heteroatoms. The predicted molar refractivity (Wildman–Crippen MR) is 73.8 cm³/mol. The number of nitrogens with zero attached hydrogens (tertiary/aromatic N) is 3. The van der Waals surface area contributed by atoms with E-state index in [-0.39, 0.29) is 6.10 Å². The summed E-state index contributed by atoms with van der Waals surface area (Å²) in [6.07, 6.45) is 1.39. The van der Waals surface area contributed by atoms with Gasteiger partial charge in [0.1, 0.15) is 6.10 Å². The third-order valence-electron chi connectivity index (χ3n) is 3.08. The highest BCUT2D eigenvalue weighted by molar-refractivity contribution is 5.82. The fourth-order valence-corrected chi connectivity index (χ4v) is 2.00. The largest absolute Gasteiger partial charge is 0.370 e. The third-order valence-corrected chi connectivity index (χ3v) is 3.08. The van der Waals surface area contributed by atoms with Crippen molar-refractivity contribution in [2.45, 2.75) is 6.10 Å². The lowest BCUT2D eigenvalue weighted by atomic mass is 10.1. The van der Waals surface area contributed by atoms with Crippen molar-refractivity contribution < 1.29 is 9.26 Å². The first-order valence-corrected chi connectivity index (χ1v) is 6.23. The lowest BCUT2D eigenvalue weighted by molar-refractivity contribution is 0.0804. The topological polar surface area (TPSA) is 87.1 Å². The highest BCUT2D eigenvalue weighted by Crippen LogP contribution is 2.23. The molecule has 2 heterocycles. The fraction of sp³-hybridized carbons (Fsp3) is 0.214. The minimum Gasteiger partial charge on any atom is -0.370 e. The van der Waals surface area contributed by atoms with Gasteiger partial charge in [-0.15, -0.1) is 0 Å². The van der Waals surface area contributed by atoms with Gasteiger partial charge in [0.05, 0.1) is 5.52 Å². The summed E-state index contributed by atoms with van der Waals surface area (Å²) in [5.74, 6) is 0.900. The maximum atomic E-state index is 5.58. The zero-order valence-corrected chi connectivity index (χ0v) is 11.0. The molecular weight excluding hydrogens is 256 g/mol. The highest BCUT2D eigenvalue weighted by atomic mass is 16.5. The van der Waals surface area contributed by atoms with E-state index in [0.29, 0.717) is 18.3 Å². The second kappa shape index (κ2) is 5.36. The van der Waals surface area contributed by atoms with Crippen LogP contribution in [0.2, 0.25) is 0 Å². The lowest BCUT2D eigenvalue weighted by Crippen LogP contribution is -2.14. The second-order valence-electron chi connectivity index (χ2n) is 4.33. The molecule has 2 N–H and O–H groups in total. The molecule has 0 spiro atoms. The van der Waals surface area contributed by atoms with Crippen LogP contribution >= 0.6 is 0 Å². The minimum atomic E-state index is -0.377. The molecule has 0 saturated heterocycles. The van der Waals surface area contributed by atoms with Gasteiger partial charge in [0.25, 0.3) is 5.89 Å². The summed E-state index contributed by atoms with van der Waals surface area (Å²) in [5.41, 5.74) is 7.37. The summed E-state index contributed by atoms with van der Waals surface area (Å²) in [7, 11) is 1.56. The lowest BCUT2D eigenvalue weighted by Gasteiger charge is -2.05. The number of benzene rings is 1. The molecule has 0 aliphatic carbocycles. The number of hydrogen-bond donors (Lipinski definition) is 1. The quantitative estimate of drug-likeness (QED) is 0.779. The number of aromatic nitrogens is 3. The van der Waals surface area contributed by atoms with Crippen LogP contribution in [-0.4, -0.2) is 28.8 Å². The summed E-state index contributed by atoms with van der Waals surface area (Å²) in [5, 5.41) is 4.99. The average Bonchev–Trinajstić information content (AvgIpc) is 2.98. The Kier molecular flexibility index (Phi) is 3.41. The van der Waals surface area contributed by atoms with Gasteiger partial charge in [0, 0.05) is 30.8 Å². The summed E-state index contributed by atoms with van der Waals surface area (Å²) in [6.45, 7) is 0.291. The minimum absolute atomic E-state index is 0.291. The van der Waals surface area contributed by atoms with Gasteiger partial charge < -0.3 is 15.0 Å². The Balaban J connectivity index is 1.98. The Morgan fingerprint density at radius 1 is 1.35 bits per heavy atom.